The monoisotopic (exact) mass is 511 g/mol. The number of carbonyl (C=O) groups is 4. The second-order valence-corrected chi connectivity index (χ2v) is 9.55. The molecule has 4 amide bonds. The van der Waals surface area contributed by atoms with Crippen LogP contribution in [0.3, 0.4) is 0 Å². The molecule has 2 aromatic carbocycles. The molecule has 1 unspecified atom stereocenters. The Hall–Kier alpha value is -3.27. The van der Waals surface area contributed by atoms with Gasteiger partial charge in [0.2, 0.25) is 11.8 Å². The molecule has 0 aromatic heterocycles. The van der Waals surface area contributed by atoms with E-state index in [0.717, 1.165) is 22.2 Å². The molecular weight excluding hydrogens is 494 g/mol. The van der Waals surface area contributed by atoms with Gasteiger partial charge < -0.3 is 5.32 Å². The van der Waals surface area contributed by atoms with Crippen LogP contribution in [-0.2, 0) is 19.2 Å². The van der Waals surface area contributed by atoms with Crippen LogP contribution in [0.5, 0.6) is 0 Å². The molecule has 0 saturated carbocycles. The van der Waals surface area contributed by atoms with Gasteiger partial charge in [0.05, 0.1) is 11.3 Å². The number of benzene rings is 2. The number of thioether (sulfide) groups is 1. The number of carbonyl (C=O) groups excluding carboxylic acids is 4. The van der Waals surface area contributed by atoms with Crippen LogP contribution in [0.25, 0.3) is 6.08 Å². The SMILES string of the molecule is O=C(CN1C(=O)CC(N2C(=O)C(=CC=Cc3ccccc3)SC2=S)C1=O)Nc1ccc(Cl)cc1. The van der Waals surface area contributed by atoms with Gasteiger partial charge in [-0.15, -0.1) is 0 Å². The maximum Gasteiger partial charge on any atom is 0.266 e. The van der Waals surface area contributed by atoms with Crippen molar-refractivity contribution in [2.75, 3.05) is 11.9 Å². The van der Waals surface area contributed by atoms with Crippen molar-refractivity contribution >= 4 is 75.3 Å². The average Bonchev–Trinajstić information content (AvgIpc) is 3.25. The first-order valence-electron chi connectivity index (χ1n) is 10.2. The Labute approximate surface area is 210 Å². The molecule has 1 atom stereocenters. The quantitative estimate of drug-likeness (QED) is 0.360. The smallest absolute Gasteiger partial charge is 0.266 e. The first-order valence-corrected chi connectivity index (χ1v) is 11.8. The number of anilines is 1. The van der Waals surface area contributed by atoms with Crippen LogP contribution in [0.15, 0.2) is 71.7 Å². The molecule has 1 N–H and O–H groups in total. The maximum atomic E-state index is 12.9. The van der Waals surface area contributed by atoms with Gasteiger partial charge in [0.15, 0.2) is 0 Å². The zero-order valence-electron chi connectivity index (χ0n) is 17.6. The van der Waals surface area contributed by atoms with E-state index in [1.165, 1.54) is 4.90 Å². The zero-order chi connectivity index (χ0) is 24.2. The van der Waals surface area contributed by atoms with Gasteiger partial charge in [-0.25, -0.2) is 0 Å². The van der Waals surface area contributed by atoms with Crippen LogP contribution in [0.4, 0.5) is 5.69 Å². The summed E-state index contributed by atoms with van der Waals surface area (Å²) in [5, 5.41) is 3.12. The number of hydrogen-bond donors (Lipinski definition) is 1. The van der Waals surface area contributed by atoms with Gasteiger partial charge in [-0.2, -0.15) is 0 Å². The van der Waals surface area contributed by atoms with Crippen molar-refractivity contribution in [3.63, 3.8) is 0 Å². The summed E-state index contributed by atoms with van der Waals surface area (Å²) in [6, 6.07) is 14.9. The van der Waals surface area contributed by atoms with E-state index in [0.29, 0.717) is 15.6 Å². The van der Waals surface area contributed by atoms with Crippen molar-refractivity contribution in [2.45, 2.75) is 12.5 Å². The molecule has 0 radical (unpaired) electrons. The summed E-state index contributed by atoms with van der Waals surface area (Å²) in [4.78, 5) is 53.1. The normalized spacial score (nSPS) is 19.7. The second kappa shape index (κ2) is 10.3. The van der Waals surface area contributed by atoms with Gasteiger partial charge in [-0.3, -0.25) is 29.0 Å². The number of rotatable bonds is 6. The lowest BCUT2D eigenvalue weighted by Gasteiger charge is -2.21. The summed E-state index contributed by atoms with van der Waals surface area (Å²) >= 11 is 12.2. The molecule has 34 heavy (non-hydrogen) atoms. The average molecular weight is 512 g/mol. The third-order valence-electron chi connectivity index (χ3n) is 5.12. The largest absolute Gasteiger partial charge is 0.325 e. The molecule has 2 aliphatic heterocycles. The van der Waals surface area contributed by atoms with Gasteiger partial charge in [0, 0.05) is 10.7 Å². The molecular formula is C24H18ClN3O4S2. The fourth-order valence-electron chi connectivity index (χ4n) is 3.48. The fraction of sp³-hybridized carbons (Fsp3) is 0.125. The molecule has 0 aliphatic carbocycles. The highest BCUT2D eigenvalue weighted by Crippen LogP contribution is 2.35. The van der Waals surface area contributed by atoms with Gasteiger partial charge in [0.25, 0.3) is 11.8 Å². The van der Waals surface area contributed by atoms with Crippen molar-refractivity contribution in [2.24, 2.45) is 0 Å². The molecule has 2 heterocycles. The molecule has 2 aromatic rings. The number of imide groups is 1. The van der Waals surface area contributed by atoms with Crippen molar-refractivity contribution in [1.82, 2.24) is 9.80 Å². The topological polar surface area (TPSA) is 86.8 Å². The number of nitrogens with zero attached hydrogens (tertiary/aromatic N) is 2. The van der Waals surface area contributed by atoms with E-state index < -0.39 is 36.2 Å². The van der Waals surface area contributed by atoms with E-state index in [4.69, 9.17) is 23.8 Å². The van der Waals surface area contributed by atoms with Gasteiger partial charge in [-0.05, 0) is 35.9 Å². The van der Waals surface area contributed by atoms with Crippen LogP contribution in [0.1, 0.15) is 12.0 Å². The van der Waals surface area contributed by atoms with Crippen molar-refractivity contribution in [1.29, 1.82) is 0 Å². The van der Waals surface area contributed by atoms with E-state index in [9.17, 15) is 19.2 Å². The molecule has 0 spiro atoms. The van der Waals surface area contributed by atoms with Crippen LogP contribution in [0.2, 0.25) is 5.02 Å². The minimum Gasteiger partial charge on any atom is -0.325 e. The summed E-state index contributed by atoms with van der Waals surface area (Å²) in [5.74, 6) is -2.15. The molecule has 2 fully saturated rings. The third kappa shape index (κ3) is 5.27. The number of likely N-dealkylation sites (tertiary alicyclic amines) is 1. The van der Waals surface area contributed by atoms with Crippen LogP contribution in [-0.4, -0.2) is 50.3 Å². The summed E-state index contributed by atoms with van der Waals surface area (Å²) in [7, 11) is 0. The standard InChI is InChI=1S/C24H18ClN3O4S2/c25-16-9-11-17(12-10-16)26-20(29)14-27-21(30)13-18(22(27)31)28-23(32)19(34-24(28)33)8-4-7-15-5-2-1-3-6-15/h1-12,18H,13-14H2,(H,26,29). The van der Waals surface area contributed by atoms with Crippen LogP contribution in [0, 0.1) is 0 Å². The Balaban J connectivity index is 1.42. The number of thiocarbonyl (C=S) groups is 1. The van der Waals surface area contributed by atoms with Crippen LogP contribution >= 0.6 is 35.6 Å². The number of nitrogens with one attached hydrogen (secondary N) is 1. The lowest BCUT2D eigenvalue weighted by Crippen LogP contribution is -2.45. The van der Waals surface area contributed by atoms with Crippen LogP contribution < -0.4 is 5.32 Å². The number of amides is 4. The van der Waals surface area contributed by atoms with E-state index in [1.54, 1.807) is 36.4 Å². The van der Waals surface area contributed by atoms with E-state index in [-0.39, 0.29) is 10.7 Å². The number of hydrogen-bond acceptors (Lipinski definition) is 6. The number of halogens is 1. The first-order chi connectivity index (χ1) is 16.3. The lowest BCUT2D eigenvalue weighted by molar-refractivity contribution is -0.143. The van der Waals surface area contributed by atoms with E-state index in [1.807, 2.05) is 36.4 Å². The Morgan fingerprint density at radius 1 is 1.12 bits per heavy atom. The maximum absolute atomic E-state index is 12.9. The van der Waals surface area contributed by atoms with Crippen molar-refractivity contribution in [3.8, 4) is 0 Å². The summed E-state index contributed by atoms with van der Waals surface area (Å²) in [6.45, 7) is -0.457. The van der Waals surface area contributed by atoms with Gasteiger partial charge >= 0.3 is 0 Å². The summed E-state index contributed by atoms with van der Waals surface area (Å²) in [5.41, 5.74) is 1.45. The van der Waals surface area contributed by atoms with Gasteiger partial charge in [-0.1, -0.05) is 78.1 Å². The fourth-order valence-corrected chi connectivity index (χ4v) is 4.92. The minimum atomic E-state index is -1.06. The summed E-state index contributed by atoms with van der Waals surface area (Å²) in [6.07, 6.45) is 4.98. The molecule has 2 aliphatic rings. The highest BCUT2D eigenvalue weighted by molar-refractivity contribution is 8.26. The molecule has 172 valence electrons. The number of allylic oxidation sites excluding steroid dienone is 2. The van der Waals surface area contributed by atoms with E-state index >= 15 is 0 Å². The molecule has 2 saturated heterocycles. The minimum absolute atomic E-state index is 0.197. The second-order valence-electron chi connectivity index (χ2n) is 7.44. The predicted octanol–water partition coefficient (Wildman–Crippen LogP) is 3.86. The Kier molecular flexibility index (Phi) is 7.26. The lowest BCUT2D eigenvalue weighted by atomic mass is 10.2. The van der Waals surface area contributed by atoms with Crippen molar-refractivity contribution in [3.05, 3.63) is 82.2 Å². The van der Waals surface area contributed by atoms with Crippen molar-refractivity contribution < 1.29 is 19.2 Å². The Bertz CT molecular complexity index is 1230. The molecule has 7 nitrogen and oxygen atoms in total. The Morgan fingerprint density at radius 3 is 2.53 bits per heavy atom. The highest BCUT2D eigenvalue weighted by atomic mass is 35.5. The van der Waals surface area contributed by atoms with Gasteiger partial charge in [0.1, 0.15) is 16.9 Å². The third-order valence-corrected chi connectivity index (χ3v) is 6.72. The predicted molar refractivity (Wildman–Crippen MR) is 136 cm³/mol. The molecule has 10 heteroatoms. The van der Waals surface area contributed by atoms with E-state index in [2.05, 4.69) is 5.32 Å². The zero-order valence-corrected chi connectivity index (χ0v) is 20.0. The molecule has 0 bridgehead atoms. The first kappa shape index (κ1) is 23.9. The highest BCUT2D eigenvalue weighted by Gasteiger charge is 2.48. The Morgan fingerprint density at radius 2 is 1.82 bits per heavy atom. The molecule has 4 rings (SSSR count). The summed E-state index contributed by atoms with van der Waals surface area (Å²) < 4.78 is 0.197.